The zero-order valence-electron chi connectivity index (χ0n) is 4.01. The maximum Gasteiger partial charge on any atom is 0.0934 e. The molecule has 0 aromatic rings. The van der Waals surface area contributed by atoms with Crippen LogP contribution in [0.15, 0.2) is 0 Å². The van der Waals surface area contributed by atoms with Crippen LogP contribution in [0, 0.1) is 17.2 Å². The Kier molecular flexibility index (Phi) is 2.31. The summed E-state index contributed by atoms with van der Waals surface area (Å²) in [6.07, 6.45) is 0. The fraction of sp³-hybridized carbons (Fsp3) is 0.500. The van der Waals surface area contributed by atoms with Crippen LogP contribution in [-0.4, -0.2) is 4.99 Å². The van der Waals surface area contributed by atoms with Crippen LogP contribution in [0.4, 0.5) is 0 Å². The first-order chi connectivity index (χ1) is 3.18. The van der Waals surface area contributed by atoms with Crippen molar-refractivity contribution in [2.45, 2.75) is 6.92 Å². The predicted molar refractivity (Wildman–Crippen MR) is 31.6 cm³/mol. The van der Waals surface area contributed by atoms with E-state index < -0.39 is 0 Å². The van der Waals surface area contributed by atoms with Crippen LogP contribution in [0.5, 0.6) is 0 Å². The van der Waals surface area contributed by atoms with Crippen LogP contribution in [0.2, 0.25) is 0 Å². The van der Waals surface area contributed by atoms with Gasteiger partial charge in [-0.2, -0.15) is 5.26 Å². The zero-order valence-corrected chi connectivity index (χ0v) is 4.83. The molecule has 0 saturated heterocycles. The molecule has 0 rings (SSSR count). The summed E-state index contributed by atoms with van der Waals surface area (Å²) in [4.78, 5) is 0.266. The van der Waals surface area contributed by atoms with Gasteiger partial charge in [0.05, 0.1) is 17.0 Å². The molecule has 38 valence electrons. The molecule has 0 saturated carbocycles. The molecule has 1 atom stereocenters. The fourth-order valence-electron chi connectivity index (χ4n) is 0.0636. The van der Waals surface area contributed by atoms with Crippen molar-refractivity contribution >= 4 is 17.2 Å². The predicted octanol–water partition coefficient (Wildman–Crippen LogP) is 0.432. The molecule has 1 unspecified atom stereocenters. The number of nitrogens with two attached hydrogens (primary N) is 1. The Hall–Kier alpha value is -0.620. The van der Waals surface area contributed by atoms with E-state index in [-0.39, 0.29) is 10.9 Å². The average molecular weight is 114 g/mol. The normalized spacial score (nSPS) is 12.0. The number of hydrogen-bond donors (Lipinski definition) is 1. The van der Waals surface area contributed by atoms with Gasteiger partial charge in [0, 0.05) is 0 Å². The molecular weight excluding hydrogens is 108 g/mol. The lowest BCUT2D eigenvalue weighted by atomic mass is 10.2. The second-order valence-electron chi connectivity index (χ2n) is 1.25. The average Bonchev–Trinajstić information content (AvgIpc) is 1.65. The molecule has 0 aliphatic heterocycles. The molecule has 2 N–H and O–H groups in total. The molecule has 0 aliphatic rings. The highest BCUT2D eigenvalue weighted by molar-refractivity contribution is 7.80. The third-order valence-corrected chi connectivity index (χ3v) is 0.974. The van der Waals surface area contributed by atoms with E-state index in [2.05, 4.69) is 12.2 Å². The first kappa shape index (κ1) is 6.38. The number of rotatable bonds is 1. The highest BCUT2D eigenvalue weighted by Gasteiger charge is 1.98. The van der Waals surface area contributed by atoms with Crippen molar-refractivity contribution in [1.29, 1.82) is 5.26 Å². The van der Waals surface area contributed by atoms with Crippen molar-refractivity contribution in [3.05, 3.63) is 0 Å². The number of nitriles is 1. The largest absolute Gasteiger partial charge is 0.392 e. The van der Waals surface area contributed by atoms with Gasteiger partial charge in [-0.25, -0.2) is 0 Å². The molecule has 0 bridgehead atoms. The van der Waals surface area contributed by atoms with E-state index in [1.807, 2.05) is 6.07 Å². The Morgan fingerprint density at radius 3 is 2.43 bits per heavy atom. The third kappa shape index (κ3) is 2.12. The minimum Gasteiger partial charge on any atom is -0.392 e. The van der Waals surface area contributed by atoms with E-state index >= 15 is 0 Å². The summed E-state index contributed by atoms with van der Waals surface area (Å²) in [6.45, 7) is 1.67. The van der Waals surface area contributed by atoms with Crippen LogP contribution in [0.1, 0.15) is 6.92 Å². The molecule has 0 heterocycles. The topological polar surface area (TPSA) is 49.8 Å². The number of thiocarbonyl (C=S) groups is 1. The summed E-state index contributed by atoms with van der Waals surface area (Å²) in [6, 6.07) is 1.90. The van der Waals surface area contributed by atoms with Gasteiger partial charge in [-0.15, -0.1) is 0 Å². The van der Waals surface area contributed by atoms with E-state index in [9.17, 15) is 0 Å². The Balaban J connectivity index is 3.63. The Morgan fingerprint density at radius 1 is 2.00 bits per heavy atom. The molecule has 3 heteroatoms. The lowest BCUT2D eigenvalue weighted by Crippen LogP contribution is -2.15. The van der Waals surface area contributed by atoms with E-state index in [0.717, 1.165) is 0 Å². The molecular formula is C4H6N2S. The van der Waals surface area contributed by atoms with E-state index in [1.54, 1.807) is 6.92 Å². The van der Waals surface area contributed by atoms with Crippen LogP contribution in [0.25, 0.3) is 0 Å². The number of nitrogens with zero attached hydrogens (tertiary/aromatic N) is 1. The molecule has 0 aliphatic carbocycles. The van der Waals surface area contributed by atoms with Gasteiger partial charge in [0.25, 0.3) is 0 Å². The molecule has 0 radical (unpaired) electrons. The molecule has 0 aromatic carbocycles. The summed E-state index contributed by atoms with van der Waals surface area (Å²) in [5.41, 5.74) is 5.06. The number of hydrogen-bond acceptors (Lipinski definition) is 2. The minimum atomic E-state index is -0.282. The van der Waals surface area contributed by atoms with Gasteiger partial charge in [0.15, 0.2) is 0 Å². The summed E-state index contributed by atoms with van der Waals surface area (Å²) in [5.74, 6) is -0.282. The maximum absolute atomic E-state index is 8.09. The van der Waals surface area contributed by atoms with Gasteiger partial charge in [-0.1, -0.05) is 12.2 Å². The third-order valence-electron chi connectivity index (χ3n) is 0.620. The first-order valence-corrected chi connectivity index (χ1v) is 2.28. The Labute approximate surface area is 47.9 Å². The Morgan fingerprint density at radius 2 is 2.43 bits per heavy atom. The highest BCUT2D eigenvalue weighted by atomic mass is 32.1. The highest BCUT2D eigenvalue weighted by Crippen LogP contribution is 1.88. The standard InChI is InChI=1S/C4H6N2S/c1-3(2-5)4(6)7/h3H,1H3,(H2,6,7). The van der Waals surface area contributed by atoms with Gasteiger partial charge in [0.1, 0.15) is 0 Å². The first-order valence-electron chi connectivity index (χ1n) is 1.87. The van der Waals surface area contributed by atoms with Crippen LogP contribution in [0.3, 0.4) is 0 Å². The molecule has 7 heavy (non-hydrogen) atoms. The zero-order chi connectivity index (χ0) is 5.86. The van der Waals surface area contributed by atoms with Gasteiger partial charge in [-0.05, 0) is 6.92 Å². The van der Waals surface area contributed by atoms with Crippen molar-refractivity contribution in [2.24, 2.45) is 11.7 Å². The fourth-order valence-corrected chi connectivity index (χ4v) is 0.116. The van der Waals surface area contributed by atoms with Crippen molar-refractivity contribution < 1.29 is 0 Å². The van der Waals surface area contributed by atoms with Crippen LogP contribution >= 0.6 is 12.2 Å². The van der Waals surface area contributed by atoms with Crippen molar-refractivity contribution in [3.8, 4) is 6.07 Å². The van der Waals surface area contributed by atoms with Gasteiger partial charge in [-0.3, -0.25) is 0 Å². The quantitative estimate of drug-likeness (QED) is 0.503. The molecule has 2 nitrogen and oxygen atoms in total. The smallest absolute Gasteiger partial charge is 0.0934 e. The van der Waals surface area contributed by atoms with Gasteiger partial charge in [0.2, 0.25) is 0 Å². The molecule has 0 amide bonds. The van der Waals surface area contributed by atoms with Gasteiger partial charge < -0.3 is 5.73 Å². The summed E-state index contributed by atoms with van der Waals surface area (Å²) in [7, 11) is 0. The maximum atomic E-state index is 8.09. The van der Waals surface area contributed by atoms with Crippen LogP contribution in [-0.2, 0) is 0 Å². The van der Waals surface area contributed by atoms with E-state index in [4.69, 9.17) is 11.0 Å². The summed E-state index contributed by atoms with van der Waals surface area (Å²) < 4.78 is 0. The van der Waals surface area contributed by atoms with Crippen molar-refractivity contribution in [2.75, 3.05) is 0 Å². The molecule has 0 aromatic heterocycles. The van der Waals surface area contributed by atoms with Crippen molar-refractivity contribution in [1.82, 2.24) is 0 Å². The second kappa shape index (κ2) is 2.54. The van der Waals surface area contributed by atoms with E-state index in [1.165, 1.54) is 0 Å². The van der Waals surface area contributed by atoms with E-state index in [0.29, 0.717) is 0 Å². The van der Waals surface area contributed by atoms with Crippen molar-refractivity contribution in [3.63, 3.8) is 0 Å². The monoisotopic (exact) mass is 114 g/mol. The second-order valence-corrected chi connectivity index (χ2v) is 1.72. The van der Waals surface area contributed by atoms with Crippen LogP contribution < -0.4 is 5.73 Å². The minimum absolute atomic E-state index is 0.266. The summed E-state index contributed by atoms with van der Waals surface area (Å²) in [5, 5.41) is 8.09. The molecule has 0 spiro atoms. The van der Waals surface area contributed by atoms with Gasteiger partial charge >= 0.3 is 0 Å². The lowest BCUT2D eigenvalue weighted by Gasteiger charge is -1.92. The SMILES string of the molecule is CC(C#N)C(N)=S. The Bertz CT molecular complexity index is 113. The lowest BCUT2D eigenvalue weighted by molar-refractivity contribution is 1.02. The molecule has 0 fully saturated rings. The summed E-state index contributed by atoms with van der Waals surface area (Å²) >= 11 is 4.47.